The van der Waals surface area contributed by atoms with Crippen molar-refractivity contribution in [3.8, 4) is 17.6 Å². The van der Waals surface area contributed by atoms with Gasteiger partial charge in [-0.1, -0.05) is 31.4 Å². The zero-order valence-corrected chi connectivity index (χ0v) is 15.5. The van der Waals surface area contributed by atoms with Crippen LogP contribution in [-0.4, -0.2) is 23.7 Å². The number of amides is 1. The van der Waals surface area contributed by atoms with Crippen molar-refractivity contribution in [1.82, 2.24) is 4.98 Å². The second kappa shape index (κ2) is 8.13. The second-order valence-corrected chi connectivity index (χ2v) is 6.94. The Morgan fingerprint density at radius 3 is 2.71 bits per heavy atom. The van der Waals surface area contributed by atoms with Gasteiger partial charge in [0.15, 0.2) is 11.5 Å². The normalized spacial score (nSPS) is 16.5. The second-order valence-electron chi connectivity index (χ2n) is 6.94. The topological polar surface area (TPSA) is 75.5 Å². The third-order valence-corrected chi connectivity index (χ3v) is 5.11. The Kier molecular flexibility index (Phi) is 5.24. The summed E-state index contributed by atoms with van der Waals surface area (Å²) in [5, 5.41) is 9.70. The molecule has 0 spiro atoms. The number of hydrogen-bond acceptors (Lipinski definition) is 5. The number of carbonyl (C=O) groups is 1. The van der Waals surface area contributed by atoms with Crippen LogP contribution in [0.1, 0.15) is 37.7 Å². The smallest absolute Gasteiger partial charge is 0.270 e. The number of fused-ring (bicyclic) bond motifs is 1. The first-order chi connectivity index (χ1) is 13.8. The van der Waals surface area contributed by atoms with E-state index in [0.29, 0.717) is 17.3 Å². The Morgan fingerprint density at radius 2 is 1.96 bits per heavy atom. The van der Waals surface area contributed by atoms with Gasteiger partial charge in [-0.05, 0) is 48.7 Å². The van der Waals surface area contributed by atoms with E-state index in [0.717, 1.165) is 31.2 Å². The number of ether oxygens (including phenoxy) is 2. The largest absolute Gasteiger partial charge is 0.454 e. The standard InChI is InChI=1S/C22H21N3O3/c23-14-17(12-16-9-10-19-20(13-16)28-15-27-19)22(26)25(18-6-2-1-3-7-18)21-8-4-5-11-24-21/h4-5,8-13,18H,1-3,6-7,15H2. The molecule has 0 saturated heterocycles. The fourth-order valence-electron chi connectivity index (χ4n) is 3.73. The molecule has 0 N–H and O–H groups in total. The fraction of sp³-hybridized carbons (Fsp3) is 0.318. The first kappa shape index (κ1) is 18.1. The van der Waals surface area contributed by atoms with Crippen LogP contribution in [0, 0.1) is 11.3 Å². The van der Waals surface area contributed by atoms with Gasteiger partial charge in [0, 0.05) is 12.2 Å². The van der Waals surface area contributed by atoms with E-state index in [1.807, 2.05) is 24.3 Å². The van der Waals surface area contributed by atoms with Crippen LogP contribution in [0.5, 0.6) is 11.5 Å². The van der Waals surface area contributed by atoms with Crippen molar-refractivity contribution in [3.63, 3.8) is 0 Å². The molecule has 142 valence electrons. The Morgan fingerprint density at radius 1 is 1.14 bits per heavy atom. The number of hydrogen-bond donors (Lipinski definition) is 0. The Balaban J connectivity index is 1.67. The van der Waals surface area contributed by atoms with Gasteiger partial charge >= 0.3 is 0 Å². The van der Waals surface area contributed by atoms with Crippen LogP contribution in [0.2, 0.25) is 0 Å². The first-order valence-electron chi connectivity index (χ1n) is 9.52. The van der Waals surface area contributed by atoms with Gasteiger partial charge in [-0.3, -0.25) is 9.69 Å². The molecular weight excluding hydrogens is 354 g/mol. The quantitative estimate of drug-likeness (QED) is 0.594. The van der Waals surface area contributed by atoms with E-state index < -0.39 is 0 Å². The molecule has 0 unspecified atom stereocenters. The minimum atomic E-state index is -0.314. The van der Waals surface area contributed by atoms with Gasteiger partial charge in [0.05, 0.1) is 0 Å². The molecule has 28 heavy (non-hydrogen) atoms. The number of nitriles is 1. The van der Waals surface area contributed by atoms with Crippen LogP contribution >= 0.6 is 0 Å². The highest BCUT2D eigenvalue weighted by molar-refractivity contribution is 6.11. The van der Waals surface area contributed by atoms with E-state index in [9.17, 15) is 10.1 Å². The number of nitrogens with zero attached hydrogens (tertiary/aromatic N) is 3. The molecule has 6 nitrogen and oxygen atoms in total. The summed E-state index contributed by atoms with van der Waals surface area (Å²) in [6.07, 6.45) is 8.45. The highest BCUT2D eigenvalue weighted by Crippen LogP contribution is 2.33. The van der Waals surface area contributed by atoms with Crippen molar-refractivity contribution >= 4 is 17.8 Å². The molecule has 1 aliphatic carbocycles. The maximum Gasteiger partial charge on any atom is 0.270 e. The minimum absolute atomic E-state index is 0.0599. The Labute approximate surface area is 164 Å². The lowest BCUT2D eigenvalue weighted by Crippen LogP contribution is -2.42. The Bertz CT molecular complexity index is 928. The summed E-state index contributed by atoms with van der Waals surface area (Å²) < 4.78 is 10.7. The van der Waals surface area contributed by atoms with Crippen LogP contribution in [-0.2, 0) is 4.79 Å². The van der Waals surface area contributed by atoms with Gasteiger partial charge in [-0.15, -0.1) is 0 Å². The Hall–Kier alpha value is -3.33. The van der Waals surface area contributed by atoms with Gasteiger partial charge in [-0.25, -0.2) is 4.98 Å². The SMILES string of the molecule is N#CC(=Cc1ccc2c(c1)OCO2)C(=O)N(c1ccccn1)C1CCCCC1. The fourth-order valence-corrected chi connectivity index (χ4v) is 3.73. The van der Waals surface area contributed by atoms with Crippen molar-refractivity contribution in [2.75, 3.05) is 11.7 Å². The van der Waals surface area contributed by atoms with E-state index >= 15 is 0 Å². The summed E-state index contributed by atoms with van der Waals surface area (Å²) in [7, 11) is 0. The molecule has 1 saturated carbocycles. The summed E-state index contributed by atoms with van der Waals surface area (Å²) in [6.45, 7) is 0.182. The third-order valence-electron chi connectivity index (χ3n) is 5.11. The van der Waals surface area contributed by atoms with Crippen molar-refractivity contribution in [1.29, 1.82) is 5.26 Å². The summed E-state index contributed by atoms with van der Waals surface area (Å²) in [4.78, 5) is 19.4. The van der Waals surface area contributed by atoms with E-state index in [1.54, 1.807) is 29.3 Å². The number of aromatic nitrogens is 1. The number of pyridine rings is 1. The molecule has 0 radical (unpaired) electrons. The van der Waals surface area contributed by atoms with E-state index in [2.05, 4.69) is 11.1 Å². The number of rotatable bonds is 4. The molecule has 1 amide bonds. The van der Waals surface area contributed by atoms with Gasteiger partial charge < -0.3 is 9.47 Å². The molecule has 1 aromatic heterocycles. The van der Waals surface area contributed by atoms with Crippen LogP contribution < -0.4 is 14.4 Å². The molecule has 6 heteroatoms. The van der Waals surface area contributed by atoms with E-state index in [1.165, 1.54) is 6.42 Å². The lowest BCUT2D eigenvalue weighted by Gasteiger charge is -2.33. The molecule has 2 heterocycles. The summed E-state index contributed by atoms with van der Waals surface area (Å²) >= 11 is 0. The molecule has 4 rings (SSSR count). The molecule has 1 aliphatic heterocycles. The summed E-state index contributed by atoms with van der Waals surface area (Å²) in [5.74, 6) is 1.56. The van der Waals surface area contributed by atoms with Crippen LogP contribution in [0.3, 0.4) is 0 Å². The molecule has 2 aliphatic rings. The van der Waals surface area contributed by atoms with Crippen LogP contribution in [0.4, 0.5) is 5.82 Å². The molecule has 1 aromatic carbocycles. The van der Waals surface area contributed by atoms with Gasteiger partial charge in [0.2, 0.25) is 6.79 Å². The maximum atomic E-state index is 13.4. The third kappa shape index (κ3) is 3.70. The van der Waals surface area contributed by atoms with Crippen molar-refractivity contribution in [2.24, 2.45) is 0 Å². The zero-order valence-electron chi connectivity index (χ0n) is 15.5. The highest BCUT2D eigenvalue weighted by Gasteiger charge is 2.30. The number of benzene rings is 1. The minimum Gasteiger partial charge on any atom is -0.454 e. The van der Waals surface area contributed by atoms with Crippen molar-refractivity contribution < 1.29 is 14.3 Å². The van der Waals surface area contributed by atoms with Gasteiger partial charge in [0.25, 0.3) is 5.91 Å². The van der Waals surface area contributed by atoms with E-state index in [-0.39, 0.29) is 24.3 Å². The molecule has 0 atom stereocenters. The van der Waals surface area contributed by atoms with Crippen LogP contribution in [0.15, 0.2) is 48.2 Å². The number of carbonyl (C=O) groups excluding carboxylic acids is 1. The molecule has 2 aromatic rings. The average molecular weight is 375 g/mol. The predicted octanol–water partition coefficient (Wildman–Crippen LogP) is 4.08. The lowest BCUT2D eigenvalue weighted by molar-refractivity contribution is -0.115. The van der Waals surface area contributed by atoms with Gasteiger partial charge in [0.1, 0.15) is 17.5 Å². The summed E-state index contributed by atoms with van der Waals surface area (Å²) in [5.41, 5.74) is 0.800. The molecule has 1 fully saturated rings. The number of anilines is 1. The average Bonchev–Trinajstić information content (AvgIpc) is 3.21. The van der Waals surface area contributed by atoms with Crippen molar-refractivity contribution in [2.45, 2.75) is 38.1 Å². The molecule has 0 bridgehead atoms. The maximum absolute atomic E-state index is 13.4. The zero-order chi connectivity index (χ0) is 19.3. The van der Waals surface area contributed by atoms with Crippen LogP contribution in [0.25, 0.3) is 6.08 Å². The molecular formula is C22H21N3O3. The highest BCUT2D eigenvalue weighted by atomic mass is 16.7. The van der Waals surface area contributed by atoms with Crippen molar-refractivity contribution in [3.05, 3.63) is 53.7 Å². The van der Waals surface area contributed by atoms with Gasteiger partial charge in [-0.2, -0.15) is 5.26 Å². The first-order valence-corrected chi connectivity index (χ1v) is 9.52. The summed E-state index contributed by atoms with van der Waals surface area (Å²) in [6, 6.07) is 13.0. The lowest BCUT2D eigenvalue weighted by atomic mass is 9.93. The van der Waals surface area contributed by atoms with E-state index in [4.69, 9.17) is 9.47 Å². The predicted molar refractivity (Wildman–Crippen MR) is 105 cm³/mol. The monoisotopic (exact) mass is 375 g/mol.